The summed E-state index contributed by atoms with van der Waals surface area (Å²) in [4.78, 5) is 25.6. The summed E-state index contributed by atoms with van der Waals surface area (Å²) >= 11 is 0. The monoisotopic (exact) mass is 316 g/mol. The first kappa shape index (κ1) is 15.3. The first-order valence-corrected chi connectivity index (χ1v) is 7.37. The number of aromatic nitrogens is 1. The number of benzene rings is 1. The van der Waals surface area contributed by atoms with Crippen LogP contribution in [0.25, 0.3) is 0 Å². The summed E-state index contributed by atoms with van der Waals surface area (Å²) < 4.78 is 19.7. The van der Waals surface area contributed by atoms with E-state index in [-0.39, 0.29) is 23.9 Å². The predicted molar refractivity (Wildman–Crippen MR) is 82.7 cm³/mol. The van der Waals surface area contributed by atoms with Crippen molar-refractivity contribution in [2.75, 3.05) is 13.2 Å². The minimum Gasteiger partial charge on any atom is -0.484 e. The molecule has 0 spiro atoms. The number of hydrogen-bond donors (Lipinski definition) is 0. The third kappa shape index (κ3) is 3.41. The first-order chi connectivity index (χ1) is 11.0. The number of halogens is 1. The minimum absolute atomic E-state index is 0.0387. The molecule has 1 aromatic heterocycles. The van der Waals surface area contributed by atoms with E-state index in [1.807, 2.05) is 0 Å². The number of pyridine rings is 1. The van der Waals surface area contributed by atoms with Crippen molar-refractivity contribution >= 4 is 5.91 Å². The number of nitrogens with zero attached hydrogens (tertiary/aromatic N) is 2. The van der Waals surface area contributed by atoms with Crippen molar-refractivity contribution in [1.82, 2.24) is 9.47 Å². The second-order valence-electron chi connectivity index (χ2n) is 5.58. The van der Waals surface area contributed by atoms with Crippen molar-refractivity contribution in [1.29, 1.82) is 0 Å². The van der Waals surface area contributed by atoms with Gasteiger partial charge in [-0.1, -0.05) is 0 Å². The third-order valence-corrected chi connectivity index (χ3v) is 3.95. The van der Waals surface area contributed by atoms with Crippen molar-refractivity contribution in [3.05, 3.63) is 63.8 Å². The molecule has 1 aliphatic rings. The number of carbonyl (C=O) groups excluding carboxylic acids is 1. The van der Waals surface area contributed by atoms with Crippen LogP contribution in [0.15, 0.2) is 41.3 Å². The summed E-state index contributed by atoms with van der Waals surface area (Å²) in [6.07, 6.45) is 2.44. The van der Waals surface area contributed by atoms with Crippen molar-refractivity contribution in [2.45, 2.75) is 13.0 Å². The maximum atomic E-state index is 12.8. The highest BCUT2D eigenvalue weighted by atomic mass is 19.1. The molecule has 0 N–H and O–H groups in total. The van der Waals surface area contributed by atoms with Crippen LogP contribution < -0.4 is 10.3 Å². The van der Waals surface area contributed by atoms with E-state index in [0.717, 1.165) is 11.1 Å². The Balaban J connectivity index is 1.63. The lowest BCUT2D eigenvalue weighted by Crippen LogP contribution is -2.39. The van der Waals surface area contributed by atoms with Gasteiger partial charge in [0.25, 0.3) is 11.5 Å². The highest BCUT2D eigenvalue weighted by molar-refractivity contribution is 5.78. The Labute approximate surface area is 132 Å². The van der Waals surface area contributed by atoms with E-state index in [1.165, 1.54) is 28.8 Å². The van der Waals surface area contributed by atoms with Gasteiger partial charge < -0.3 is 14.2 Å². The normalized spacial score (nSPS) is 13.6. The third-order valence-electron chi connectivity index (χ3n) is 3.95. The fraction of sp³-hybridized carbons (Fsp3) is 0.294. The predicted octanol–water partition coefficient (Wildman–Crippen LogP) is 1.49. The van der Waals surface area contributed by atoms with Crippen LogP contribution in [0.1, 0.15) is 11.1 Å². The molecule has 0 saturated heterocycles. The Morgan fingerprint density at radius 3 is 2.74 bits per heavy atom. The molecule has 2 heterocycles. The van der Waals surface area contributed by atoms with Crippen molar-refractivity contribution < 1.29 is 13.9 Å². The van der Waals surface area contributed by atoms with E-state index in [4.69, 9.17) is 4.74 Å². The molecule has 0 bridgehead atoms. The topological polar surface area (TPSA) is 51.5 Å². The second-order valence-corrected chi connectivity index (χ2v) is 5.58. The molecule has 0 fully saturated rings. The molecule has 3 rings (SSSR count). The standard InChI is InChI=1S/C17H17FN2O3/c1-19-9-13-10-20(7-6-12(13)8-16(19)21)17(22)11-23-15-4-2-14(18)3-5-15/h2-5,8-9H,6-7,10-11H2,1H3. The molecule has 1 amide bonds. The van der Waals surface area contributed by atoms with Gasteiger partial charge in [0.05, 0.1) is 0 Å². The van der Waals surface area contributed by atoms with Gasteiger partial charge in [0.2, 0.25) is 0 Å². The van der Waals surface area contributed by atoms with Crippen LogP contribution in [0.3, 0.4) is 0 Å². The molecule has 5 nitrogen and oxygen atoms in total. The van der Waals surface area contributed by atoms with Crippen LogP contribution in [0.4, 0.5) is 4.39 Å². The summed E-state index contributed by atoms with van der Waals surface area (Å²) in [5.41, 5.74) is 1.94. The van der Waals surface area contributed by atoms with E-state index in [0.29, 0.717) is 25.3 Å². The number of ether oxygens (including phenoxy) is 1. The summed E-state index contributed by atoms with van der Waals surface area (Å²) in [7, 11) is 1.70. The fourth-order valence-corrected chi connectivity index (χ4v) is 2.62. The number of amides is 1. The van der Waals surface area contributed by atoms with E-state index in [2.05, 4.69) is 0 Å². The Bertz CT molecular complexity index is 783. The zero-order valence-electron chi connectivity index (χ0n) is 12.8. The first-order valence-electron chi connectivity index (χ1n) is 7.37. The Kier molecular flexibility index (Phi) is 4.14. The van der Waals surface area contributed by atoms with Crippen LogP contribution in [0.5, 0.6) is 5.75 Å². The Hall–Kier alpha value is -2.63. The van der Waals surface area contributed by atoms with E-state index in [1.54, 1.807) is 24.2 Å². The molecule has 0 saturated carbocycles. The molecule has 0 aliphatic carbocycles. The largest absolute Gasteiger partial charge is 0.484 e. The molecule has 120 valence electrons. The summed E-state index contributed by atoms with van der Waals surface area (Å²) in [6, 6.07) is 7.19. The van der Waals surface area contributed by atoms with Gasteiger partial charge in [-0.2, -0.15) is 0 Å². The molecule has 0 unspecified atom stereocenters. The summed E-state index contributed by atoms with van der Waals surface area (Å²) in [5.74, 6) is -0.0182. The number of aryl methyl sites for hydroxylation is 1. The second kappa shape index (κ2) is 6.24. The van der Waals surface area contributed by atoms with Gasteiger partial charge in [0.1, 0.15) is 11.6 Å². The number of carbonyl (C=O) groups is 1. The molecule has 0 atom stereocenters. The van der Waals surface area contributed by atoms with Crippen molar-refractivity contribution in [2.24, 2.45) is 7.05 Å². The molecule has 23 heavy (non-hydrogen) atoms. The maximum Gasteiger partial charge on any atom is 0.260 e. The van der Waals surface area contributed by atoms with Gasteiger partial charge >= 0.3 is 0 Å². The van der Waals surface area contributed by atoms with Crippen molar-refractivity contribution in [3.63, 3.8) is 0 Å². The van der Waals surface area contributed by atoms with E-state index in [9.17, 15) is 14.0 Å². The lowest BCUT2D eigenvalue weighted by molar-refractivity contribution is -0.134. The lowest BCUT2D eigenvalue weighted by atomic mass is 10.0. The van der Waals surface area contributed by atoms with Crippen LogP contribution in [0, 0.1) is 5.82 Å². The molecule has 1 aliphatic heterocycles. The average Bonchev–Trinajstić information content (AvgIpc) is 2.54. The van der Waals surface area contributed by atoms with Crippen LogP contribution >= 0.6 is 0 Å². The van der Waals surface area contributed by atoms with Gasteiger partial charge in [-0.05, 0) is 41.8 Å². The number of fused-ring (bicyclic) bond motifs is 1. The molecular formula is C17H17FN2O3. The molecule has 1 aromatic carbocycles. The Morgan fingerprint density at radius 1 is 1.26 bits per heavy atom. The van der Waals surface area contributed by atoms with Gasteiger partial charge in [-0.3, -0.25) is 9.59 Å². The van der Waals surface area contributed by atoms with Crippen LogP contribution in [-0.4, -0.2) is 28.5 Å². The van der Waals surface area contributed by atoms with E-state index < -0.39 is 0 Å². The number of rotatable bonds is 3. The van der Waals surface area contributed by atoms with Crippen molar-refractivity contribution in [3.8, 4) is 5.75 Å². The quantitative estimate of drug-likeness (QED) is 0.862. The summed E-state index contributed by atoms with van der Waals surface area (Å²) in [5, 5.41) is 0. The van der Waals surface area contributed by atoms with Crippen LogP contribution in [0.2, 0.25) is 0 Å². The molecular weight excluding hydrogens is 299 g/mol. The van der Waals surface area contributed by atoms with Gasteiger partial charge in [0, 0.05) is 32.4 Å². The Morgan fingerprint density at radius 2 is 2.00 bits per heavy atom. The fourth-order valence-electron chi connectivity index (χ4n) is 2.62. The highest BCUT2D eigenvalue weighted by Gasteiger charge is 2.21. The van der Waals surface area contributed by atoms with Gasteiger partial charge in [-0.25, -0.2) is 4.39 Å². The number of hydrogen-bond acceptors (Lipinski definition) is 3. The van der Waals surface area contributed by atoms with Crippen LogP contribution in [-0.2, 0) is 24.8 Å². The van der Waals surface area contributed by atoms with Gasteiger partial charge in [0.15, 0.2) is 6.61 Å². The molecule has 2 aromatic rings. The lowest BCUT2D eigenvalue weighted by Gasteiger charge is -2.29. The average molecular weight is 316 g/mol. The van der Waals surface area contributed by atoms with Gasteiger partial charge in [-0.15, -0.1) is 0 Å². The zero-order chi connectivity index (χ0) is 16.4. The smallest absolute Gasteiger partial charge is 0.260 e. The van der Waals surface area contributed by atoms with E-state index >= 15 is 0 Å². The SMILES string of the molecule is Cn1cc2c(cc1=O)CCN(C(=O)COc1ccc(F)cc1)C2. The molecule has 6 heteroatoms. The maximum absolute atomic E-state index is 12.8. The zero-order valence-corrected chi connectivity index (χ0v) is 12.8. The molecule has 0 radical (unpaired) electrons. The summed E-state index contributed by atoms with van der Waals surface area (Å²) in [6.45, 7) is 0.938. The minimum atomic E-state index is -0.345. The highest BCUT2D eigenvalue weighted by Crippen LogP contribution is 2.17.